The Kier molecular flexibility index (Phi) is 4.55. The number of piperidine rings is 1. The highest BCUT2D eigenvalue weighted by Gasteiger charge is 2.73. The zero-order chi connectivity index (χ0) is 24.8. The van der Waals surface area contributed by atoms with Crippen LogP contribution in [0, 0.1) is 5.92 Å². The van der Waals surface area contributed by atoms with Crippen molar-refractivity contribution in [3.8, 4) is 11.5 Å². The minimum Gasteiger partial charge on any atom is -0.504 e. The molecule has 9 heteroatoms. The summed E-state index contributed by atoms with van der Waals surface area (Å²) >= 11 is 0. The third-order valence-corrected chi connectivity index (χ3v) is 9.37. The van der Waals surface area contributed by atoms with Crippen molar-refractivity contribution in [2.24, 2.45) is 11.7 Å². The van der Waals surface area contributed by atoms with Gasteiger partial charge in [-0.15, -0.1) is 0 Å². The Morgan fingerprint density at radius 3 is 2.83 bits per heavy atom. The second kappa shape index (κ2) is 7.43. The van der Waals surface area contributed by atoms with E-state index in [2.05, 4.69) is 15.2 Å². The summed E-state index contributed by atoms with van der Waals surface area (Å²) in [6.45, 7) is 1.84. The van der Waals surface area contributed by atoms with Gasteiger partial charge < -0.3 is 26.0 Å². The number of ether oxygens (including phenoxy) is 1. The normalized spacial score (nSPS) is 34.0. The number of likely N-dealkylation sites (tertiary alicyclic amines) is 1. The number of rotatable bonds is 5. The van der Waals surface area contributed by atoms with Crippen molar-refractivity contribution in [1.29, 1.82) is 0 Å². The van der Waals surface area contributed by atoms with Gasteiger partial charge in [-0.05, 0) is 74.8 Å². The Hall–Kier alpha value is -3.17. The van der Waals surface area contributed by atoms with Crippen LogP contribution in [0.2, 0.25) is 0 Å². The maximum absolute atomic E-state index is 13.3. The van der Waals surface area contributed by atoms with E-state index in [1.54, 1.807) is 12.1 Å². The summed E-state index contributed by atoms with van der Waals surface area (Å²) in [7, 11) is 0. The van der Waals surface area contributed by atoms with Gasteiger partial charge in [0.05, 0.1) is 22.6 Å². The Morgan fingerprint density at radius 1 is 1.22 bits per heavy atom. The molecule has 2 saturated carbocycles. The second-order valence-electron chi connectivity index (χ2n) is 11.2. The largest absolute Gasteiger partial charge is 0.504 e. The van der Waals surface area contributed by atoms with E-state index >= 15 is 0 Å². The van der Waals surface area contributed by atoms with Crippen molar-refractivity contribution in [2.45, 2.75) is 67.7 Å². The van der Waals surface area contributed by atoms with E-state index in [1.165, 1.54) is 25.1 Å². The van der Waals surface area contributed by atoms with Crippen LogP contribution in [0.4, 0.5) is 0 Å². The van der Waals surface area contributed by atoms with Crippen LogP contribution in [0.5, 0.6) is 11.5 Å². The zero-order valence-corrected chi connectivity index (χ0v) is 19.9. The molecule has 3 aliphatic carbocycles. The van der Waals surface area contributed by atoms with Gasteiger partial charge in [-0.2, -0.15) is 0 Å². The fraction of sp³-hybridized carbons (Fsp3) is 0.519. The van der Waals surface area contributed by atoms with Crippen LogP contribution in [0.25, 0.3) is 0 Å². The molecule has 0 radical (unpaired) electrons. The smallest absolute Gasteiger partial charge is 0.271 e. The van der Waals surface area contributed by atoms with Gasteiger partial charge in [-0.3, -0.25) is 19.5 Å². The highest BCUT2D eigenvalue weighted by atomic mass is 16.5. The number of nitrogens with two attached hydrogens (primary N) is 1. The lowest BCUT2D eigenvalue weighted by molar-refractivity contribution is -0.191. The van der Waals surface area contributed by atoms with Gasteiger partial charge in [0.15, 0.2) is 11.5 Å². The van der Waals surface area contributed by atoms with Gasteiger partial charge in [0.1, 0.15) is 11.8 Å². The van der Waals surface area contributed by atoms with E-state index in [1.807, 2.05) is 6.07 Å². The molecule has 2 aromatic rings. The summed E-state index contributed by atoms with van der Waals surface area (Å²) in [5.74, 6) is -0.0178. The molecule has 36 heavy (non-hydrogen) atoms. The fourth-order valence-corrected chi connectivity index (χ4v) is 7.65. The van der Waals surface area contributed by atoms with Gasteiger partial charge in [-0.25, -0.2) is 0 Å². The number of nitrogens with zero attached hydrogens (tertiary/aromatic N) is 2. The minimum atomic E-state index is -1.03. The third-order valence-electron chi connectivity index (χ3n) is 9.37. The van der Waals surface area contributed by atoms with E-state index in [0.29, 0.717) is 30.9 Å². The summed E-state index contributed by atoms with van der Waals surface area (Å²) in [4.78, 5) is 31.8. The maximum Gasteiger partial charge on any atom is 0.271 e. The predicted molar refractivity (Wildman–Crippen MR) is 129 cm³/mol. The predicted octanol–water partition coefficient (Wildman–Crippen LogP) is 1.25. The molecule has 2 bridgehead atoms. The molecular formula is C27H30N4O5. The second-order valence-corrected chi connectivity index (χ2v) is 11.2. The van der Waals surface area contributed by atoms with Gasteiger partial charge >= 0.3 is 0 Å². The molecule has 1 aromatic heterocycles. The van der Waals surface area contributed by atoms with Crippen LogP contribution >= 0.6 is 0 Å². The van der Waals surface area contributed by atoms with Crippen LogP contribution in [0.3, 0.4) is 0 Å². The summed E-state index contributed by atoms with van der Waals surface area (Å²) < 4.78 is 6.48. The summed E-state index contributed by atoms with van der Waals surface area (Å²) in [6.07, 6.45) is 5.82. The van der Waals surface area contributed by atoms with Crippen molar-refractivity contribution in [3.05, 3.63) is 52.8 Å². The Labute approximate surface area is 208 Å². The van der Waals surface area contributed by atoms with Crippen molar-refractivity contribution >= 4 is 11.8 Å². The van der Waals surface area contributed by atoms with Gasteiger partial charge in [0.25, 0.3) is 11.8 Å². The lowest BCUT2D eigenvalue weighted by atomic mass is 9.48. The number of benzene rings is 1. The average molecular weight is 491 g/mol. The molecule has 1 aromatic carbocycles. The molecule has 1 saturated heterocycles. The number of aromatic nitrogens is 1. The molecule has 5 aliphatic rings. The van der Waals surface area contributed by atoms with E-state index in [9.17, 15) is 19.8 Å². The number of phenols is 1. The number of nitrogens with one attached hydrogen (secondary N) is 1. The number of amides is 2. The summed E-state index contributed by atoms with van der Waals surface area (Å²) in [6, 6.07) is 6.22. The monoisotopic (exact) mass is 490 g/mol. The molecule has 0 unspecified atom stereocenters. The standard InChI is InChI=1S/C27H30N4O5/c28-24(33)16-2-1-10-29-21(16)25(34)30-17-7-8-27(35)19-12-15-5-6-18(32)22-20(15)26(27,23(17)36-22)9-11-31(19)13-14-3-4-14/h1-2,5-6,10,14,17,19,23,32,35H,3-4,7-9,11-13H2,(H2,28,33)(H,30,34)/t17-,19-,23+,26+,27-/m1/s1. The molecule has 9 nitrogen and oxygen atoms in total. The molecule has 7 rings (SSSR count). The molecule has 5 N–H and O–H groups in total. The van der Waals surface area contributed by atoms with E-state index in [0.717, 1.165) is 30.6 Å². The first-order valence-electron chi connectivity index (χ1n) is 12.9. The molecule has 5 atom stereocenters. The number of primary amides is 1. The van der Waals surface area contributed by atoms with Gasteiger partial charge in [0.2, 0.25) is 0 Å². The van der Waals surface area contributed by atoms with Crippen LogP contribution in [0.1, 0.15) is 64.1 Å². The lowest BCUT2D eigenvalue weighted by Gasteiger charge is -2.64. The highest BCUT2D eigenvalue weighted by molar-refractivity contribution is 6.05. The van der Waals surface area contributed by atoms with Crippen molar-refractivity contribution < 1.29 is 24.5 Å². The zero-order valence-electron chi connectivity index (χ0n) is 19.9. The number of hydrogen-bond donors (Lipinski definition) is 4. The lowest BCUT2D eigenvalue weighted by Crippen LogP contribution is -2.78. The topological polar surface area (TPSA) is 138 Å². The molecule has 2 aliphatic heterocycles. The van der Waals surface area contributed by atoms with Gasteiger partial charge in [0, 0.05) is 24.3 Å². The number of aliphatic hydroxyl groups is 1. The molecule has 3 fully saturated rings. The van der Waals surface area contributed by atoms with E-state index in [4.69, 9.17) is 10.5 Å². The number of phenolic OH excluding ortho intramolecular Hbond substituents is 1. The first kappa shape index (κ1) is 22.1. The molecule has 188 valence electrons. The Bertz CT molecular complexity index is 1290. The number of carbonyl (C=O) groups excluding carboxylic acids is 2. The molecule has 3 heterocycles. The average Bonchev–Trinajstić information content (AvgIpc) is 3.60. The number of aromatic hydroxyl groups is 1. The quantitative estimate of drug-likeness (QED) is 0.495. The molecular weight excluding hydrogens is 460 g/mol. The number of hydrogen-bond acceptors (Lipinski definition) is 7. The van der Waals surface area contributed by atoms with Crippen LogP contribution in [-0.2, 0) is 11.8 Å². The third kappa shape index (κ3) is 2.81. The SMILES string of the molecule is NC(=O)c1cccnc1C(=O)N[C@@H]1CC[C@@]2(O)[C@H]3Cc4ccc(O)c5c4[C@@]2(CCN3CC2CC2)[C@H]1O5. The molecule has 1 spiro atoms. The number of pyridine rings is 1. The fourth-order valence-electron chi connectivity index (χ4n) is 7.65. The first-order valence-corrected chi connectivity index (χ1v) is 12.9. The maximum atomic E-state index is 13.3. The van der Waals surface area contributed by atoms with Crippen molar-refractivity contribution in [3.63, 3.8) is 0 Å². The van der Waals surface area contributed by atoms with Gasteiger partial charge in [-0.1, -0.05) is 6.07 Å². The Morgan fingerprint density at radius 2 is 2.06 bits per heavy atom. The van der Waals surface area contributed by atoms with E-state index < -0.39 is 35.0 Å². The Balaban J connectivity index is 1.29. The van der Waals surface area contributed by atoms with Crippen molar-refractivity contribution in [2.75, 3.05) is 13.1 Å². The minimum absolute atomic E-state index is 0.0249. The van der Waals surface area contributed by atoms with Crippen LogP contribution < -0.4 is 15.8 Å². The van der Waals surface area contributed by atoms with E-state index in [-0.39, 0.29) is 23.0 Å². The molecule has 2 amide bonds. The van der Waals surface area contributed by atoms with Crippen LogP contribution in [-0.4, -0.2) is 68.8 Å². The first-order chi connectivity index (χ1) is 17.3. The summed E-state index contributed by atoms with van der Waals surface area (Å²) in [5.41, 5.74) is 5.76. The summed E-state index contributed by atoms with van der Waals surface area (Å²) in [5, 5.41) is 26.3. The highest BCUT2D eigenvalue weighted by Crippen LogP contribution is 2.65. The van der Waals surface area contributed by atoms with Crippen LogP contribution in [0.15, 0.2) is 30.5 Å². The van der Waals surface area contributed by atoms with Crippen molar-refractivity contribution in [1.82, 2.24) is 15.2 Å². The number of carbonyl (C=O) groups is 2.